The molecule has 2 N–H and O–H groups in total. The summed E-state index contributed by atoms with van der Waals surface area (Å²) < 4.78 is 47.8. The average molecular weight is 766 g/mol. The molecule has 5 unspecified atom stereocenters. The molecule has 3 aliphatic carbocycles. The second-order valence-corrected chi connectivity index (χ2v) is 17.4. The SMILES string of the molecule is COc1ccc2c(OC3CC4C(=O)NC5(C(=O)N(C6CC6)S(=O)(=O)O)CC5/C=C\CCCCN(C)C(=O)C4C3)cc(-c3nc(C(C)C)cs3)nc2c1C. The second-order valence-electron chi connectivity index (χ2n) is 15.2. The van der Waals surface area contributed by atoms with E-state index in [1.165, 1.54) is 11.3 Å². The Hall–Kier alpha value is -4.08. The zero-order valence-corrected chi connectivity index (χ0v) is 32.3. The highest BCUT2D eigenvalue weighted by atomic mass is 32.2. The number of hydrogen-bond acceptors (Lipinski definition) is 10. The number of fused-ring (bicyclic) bond motifs is 3. The maximum absolute atomic E-state index is 14.4. The molecule has 15 heteroatoms. The zero-order valence-electron chi connectivity index (χ0n) is 30.7. The van der Waals surface area contributed by atoms with E-state index in [-0.39, 0.29) is 31.1 Å². The number of benzene rings is 1. The molecule has 3 saturated carbocycles. The molecular weight excluding hydrogens is 719 g/mol. The van der Waals surface area contributed by atoms with Crippen LogP contribution in [-0.2, 0) is 24.7 Å². The van der Waals surface area contributed by atoms with Crippen molar-refractivity contribution in [1.29, 1.82) is 0 Å². The third-order valence-corrected chi connectivity index (χ3v) is 12.9. The largest absolute Gasteiger partial charge is 0.496 e. The van der Waals surface area contributed by atoms with Crippen molar-refractivity contribution in [1.82, 2.24) is 24.5 Å². The van der Waals surface area contributed by atoms with Gasteiger partial charge >= 0.3 is 10.3 Å². The van der Waals surface area contributed by atoms with Crippen LogP contribution in [0.4, 0.5) is 0 Å². The normalized spacial score (nSPS) is 27.1. The van der Waals surface area contributed by atoms with E-state index in [1.54, 1.807) is 19.1 Å². The number of thiazole rings is 1. The summed E-state index contributed by atoms with van der Waals surface area (Å²) in [5.74, 6) is -2.11. The first-order valence-electron chi connectivity index (χ1n) is 18.4. The fourth-order valence-corrected chi connectivity index (χ4v) is 9.71. The smallest absolute Gasteiger partial charge is 0.362 e. The number of aryl methyl sites for hydroxylation is 1. The van der Waals surface area contributed by atoms with E-state index in [0.29, 0.717) is 52.8 Å². The first-order chi connectivity index (χ1) is 25.2. The summed E-state index contributed by atoms with van der Waals surface area (Å²) in [7, 11) is -1.51. The summed E-state index contributed by atoms with van der Waals surface area (Å²) in [5, 5.41) is 6.44. The molecule has 3 aromatic rings. The van der Waals surface area contributed by atoms with E-state index >= 15 is 0 Å². The summed E-state index contributed by atoms with van der Waals surface area (Å²) >= 11 is 1.50. The molecule has 53 heavy (non-hydrogen) atoms. The minimum Gasteiger partial charge on any atom is -0.496 e. The van der Waals surface area contributed by atoms with Crippen LogP contribution in [0.25, 0.3) is 21.6 Å². The average Bonchev–Trinajstić information content (AvgIpc) is 3.95. The predicted molar refractivity (Wildman–Crippen MR) is 200 cm³/mol. The molecule has 3 heterocycles. The molecule has 13 nitrogen and oxygen atoms in total. The Morgan fingerprint density at radius 3 is 2.57 bits per heavy atom. The molecule has 1 aromatic carbocycles. The Bertz CT molecular complexity index is 2080. The molecule has 284 valence electrons. The van der Waals surface area contributed by atoms with Gasteiger partial charge in [-0.05, 0) is 76.3 Å². The van der Waals surface area contributed by atoms with Gasteiger partial charge in [0.05, 0.1) is 36.2 Å². The number of carbonyl (C=O) groups excluding carboxylic acids is 3. The van der Waals surface area contributed by atoms with Gasteiger partial charge in [0.15, 0.2) is 0 Å². The number of allylic oxidation sites excluding steroid dienone is 1. The highest BCUT2D eigenvalue weighted by Crippen LogP contribution is 2.49. The van der Waals surface area contributed by atoms with Crippen molar-refractivity contribution in [2.45, 2.75) is 95.7 Å². The molecule has 0 bridgehead atoms. The predicted octanol–water partition coefficient (Wildman–Crippen LogP) is 5.44. The van der Waals surface area contributed by atoms with Crippen molar-refractivity contribution in [3.63, 3.8) is 0 Å². The Balaban J connectivity index is 1.23. The zero-order chi connectivity index (χ0) is 37.8. The fourth-order valence-electron chi connectivity index (χ4n) is 7.81. The summed E-state index contributed by atoms with van der Waals surface area (Å²) in [5.41, 5.74) is 1.59. The molecule has 1 aliphatic heterocycles. The monoisotopic (exact) mass is 765 g/mol. The van der Waals surface area contributed by atoms with Gasteiger partial charge in [0.25, 0.3) is 5.91 Å². The number of nitrogens with zero attached hydrogens (tertiary/aromatic N) is 4. The molecule has 0 spiro atoms. The number of amides is 3. The van der Waals surface area contributed by atoms with Crippen molar-refractivity contribution < 1.29 is 36.8 Å². The van der Waals surface area contributed by atoms with Crippen molar-refractivity contribution >= 4 is 50.3 Å². The summed E-state index contributed by atoms with van der Waals surface area (Å²) in [6.07, 6.45) is 7.06. The molecule has 3 amide bonds. The Kier molecular flexibility index (Phi) is 10.0. The van der Waals surface area contributed by atoms with E-state index in [0.717, 1.165) is 34.5 Å². The number of nitrogens with one attached hydrogen (secondary N) is 1. The number of aromatic nitrogens is 2. The number of hydrogen-bond donors (Lipinski definition) is 2. The Morgan fingerprint density at radius 1 is 1.13 bits per heavy atom. The summed E-state index contributed by atoms with van der Waals surface area (Å²) in [4.78, 5) is 53.9. The van der Waals surface area contributed by atoms with E-state index in [1.807, 2.05) is 42.7 Å². The molecule has 0 saturated heterocycles. The van der Waals surface area contributed by atoms with Crippen molar-refractivity contribution in [3.8, 4) is 22.2 Å². The van der Waals surface area contributed by atoms with Gasteiger partial charge < -0.3 is 19.7 Å². The summed E-state index contributed by atoms with van der Waals surface area (Å²) in [6, 6.07) is 4.97. The van der Waals surface area contributed by atoms with Crippen LogP contribution in [0, 0.1) is 24.7 Å². The van der Waals surface area contributed by atoms with Crippen molar-refractivity contribution in [2.24, 2.45) is 17.8 Å². The molecule has 7 rings (SSSR count). The molecule has 3 fully saturated rings. The summed E-state index contributed by atoms with van der Waals surface area (Å²) in [6.45, 7) is 6.64. The molecular formula is C38H47N5O8S2. The third kappa shape index (κ3) is 7.27. The van der Waals surface area contributed by atoms with Gasteiger partial charge in [0.1, 0.15) is 33.8 Å². The fraction of sp³-hybridized carbons (Fsp3) is 0.553. The van der Waals surface area contributed by atoms with Gasteiger partial charge in [-0.25, -0.2) is 14.3 Å². The first kappa shape index (κ1) is 37.2. The Labute approximate surface area is 314 Å². The van der Waals surface area contributed by atoms with E-state index in [4.69, 9.17) is 19.4 Å². The van der Waals surface area contributed by atoms with Gasteiger partial charge in [-0.15, -0.1) is 11.3 Å². The van der Waals surface area contributed by atoms with Gasteiger partial charge in [-0.1, -0.05) is 26.0 Å². The van der Waals surface area contributed by atoms with Gasteiger partial charge in [-0.2, -0.15) is 8.42 Å². The first-order valence-corrected chi connectivity index (χ1v) is 20.6. The lowest BCUT2D eigenvalue weighted by Gasteiger charge is -2.29. The van der Waals surface area contributed by atoms with Crippen LogP contribution in [0.15, 0.2) is 35.7 Å². The number of ether oxygens (including phenoxy) is 2. The molecule has 0 radical (unpaired) electrons. The highest BCUT2D eigenvalue weighted by molar-refractivity contribution is 7.84. The number of carbonyl (C=O) groups is 3. The van der Waals surface area contributed by atoms with Crippen LogP contribution in [-0.4, -0.2) is 88.3 Å². The number of methoxy groups -OCH3 is 1. The van der Waals surface area contributed by atoms with Crippen molar-refractivity contribution in [3.05, 3.63) is 47.0 Å². The second kappa shape index (κ2) is 14.3. The third-order valence-electron chi connectivity index (χ3n) is 11.1. The Morgan fingerprint density at radius 2 is 1.89 bits per heavy atom. The lowest BCUT2D eigenvalue weighted by molar-refractivity contribution is -0.141. The van der Waals surface area contributed by atoms with E-state index < -0.39 is 57.6 Å². The molecule has 2 aromatic heterocycles. The van der Waals surface area contributed by atoms with Crippen LogP contribution >= 0.6 is 11.3 Å². The van der Waals surface area contributed by atoms with Crippen LogP contribution in [0.5, 0.6) is 11.5 Å². The molecule has 5 atom stereocenters. The van der Waals surface area contributed by atoms with Gasteiger partial charge in [0.2, 0.25) is 11.8 Å². The van der Waals surface area contributed by atoms with Gasteiger partial charge in [-0.3, -0.25) is 18.9 Å². The maximum Gasteiger partial charge on any atom is 0.362 e. The van der Waals surface area contributed by atoms with Crippen LogP contribution in [0.1, 0.15) is 82.4 Å². The van der Waals surface area contributed by atoms with Crippen LogP contribution < -0.4 is 14.8 Å². The number of rotatable bonds is 8. The van der Waals surface area contributed by atoms with Crippen molar-refractivity contribution in [2.75, 3.05) is 20.7 Å². The van der Waals surface area contributed by atoms with Crippen LogP contribution in [0.2, 0.25) is 0 Å². The molecule has 4 aliphatic rings. The number of pyridine rings is 1. The van der Waals surface area contributed by atoms with E-state index in [9.17, 15) is 27.4 Å². The minimum atomic E-state index is -4.86. The quantitative estimate of drug-likeness (QED) is 0.223. The maximum atomic E-state index is 14.4. The topological polar surface area (TPSA) is 168 Å². The lowest BCUT2D eigenvalue weighted by atomic mass is 9.93. The van der Waals surface area contributed by atoms with Gasteiger partial charge in [0, 0.05) is 41.9 Å². The standard InChI is InChI=1S/C38H47N5O8S2/c1-21(2)30-20-52-35(40-30)29-18-32(26-13-14-31(50-5)22(3)33(26)39-29)51-25-16-27-28(17-25)36(45)42(4)15-9-7-6-8-10-23-19-38(23,41-34(27)44)37(46)43(24-11-12-24)53(47,48)49/h8,10,13-14,18,20-21,23-25,27-28H,6-7,9,11-12,15-17,19H2,1-5H3,(H,41,44)(H,47,48,49)/b10-8-. The minimum absolute atomic E-state index is 0.182. The highest BCUT2D eigenvalue weighted by Gasteiger charge is 2.64. The van der Waals surface area contributed by atoms with Crippen LogP contribution in [0.3, 0.4) is 0 Å². The van der Waals surface area contributed by atoms with E-state index in [2.05, 4.69) is 19.2 Å². The lowest BCUT2D eigenvalue weighted by Crippen LogP contribution is -2.56.